The highest BCUT2D eigenvalue weighted by Crippen LogP contribution is 2.13. The molecule has 0 aliphatic rings. The fraction of sp³-hybridized carbons (Fsp3) is 0.158. The highest BCUT2D eigenvalue weighted by Gasteiger charge is 2.06. The Morgan fingerprint density at radius 2 is 1.87 bits per heavy atom. The van der Waals surface area contributed by atoms with E-state index in [1.165, 1.54) is 0 Å². The third-order valence-corrected chi connectivity index (χ3v) is 3.75. The van der Waals surface area contributed by atoms with E-state index in [9.17, 15) is 4.79 Å². The van der Waals surface area contributed by atoms with Crippen LogP contribution < -0.4 is 5.32 Å². The van der Waals surface area contributed by atoms with Crippen molar-refractivity contribution in [2.75, 3.05) is 5.32 Å². The summed E-state index contributed by atoms with van der Waals surface area (Å²) in [5, 5.41) is 7.13. The molecular weight excluding hydrogens is 286 g/mol. The lowest BCUT2D eigenvalue weighted by Crippen LogP contribution is -2.15. The van der Waals surface area contributed by atoms with Crippen LogP contribution in [-0.2, 0) is 17.8 Å². The molecule has 4 nitrogen and oxygen atoms in total. The molecule has 3 rings (SSSR count). The molecule has 0 saturated heterocycles. The van der Waals surface area contributed by atoms with Gasteiger partial charge in [0.15, 0.2) is 0 Å². The number of carbonyl (C=O) groups is 1. The van der Waals surface area contributed by atoms with Gasteiger partial charge in [0, 0.05) is 18.1 Å². The normalized spacial score (nSPS) is 10.5. The molecule has 1 amide bonds. The summed E-state index contributed by atoms with van der Waals surface area (Å²) >= 11 is 0. The molecule has 116 valence electrons. The molecular formula is C19H19N3O. The van der Waals surface area contributed by atoms with E-state index in [0.29, 0.717) is 6.42 Å². The molecule has 0 radical (unpaired) electrons. The monoisotopic (exact) mass is 305 g/mol. The predicted molar refractivity (Wildman–Crippen MR) is 91.3 cm³/mol. The van der Waals surface area contributed by atoms with Crippen LogP contribution in [-0.4, -0.2) is 15.7 Å². The van der Waals surface area contributed by atoms with Gasteiger partial charge in [0.25, 0.3) is 0 Å². The number of anilines is 1. The summed E-state index contributed by atoms with van der Waals surface area (Å²) in [6, 6.07) is 17.7. The van der Waals surface area contributed by atoms with Crippen molar-refractivity contribution in [2.45, 2.75) is 19.9 Å². The summed E-state index contributed by atoms with van der Waals surface area (Å²) in [6.45, 7) is 2.75. The lowest BCUT2D eigenvalue weighted by atomic mass is 10.1. The van der Waals surface area contributed by atoms with Crippen LogP contribution in [0.25, 0.3) is 0 Å². The zero-order valence-electron chi connectivity index (χ0n) is 13.1. The van der Waals surface area contributed by atoms with E-state index in [2.05, 4.69) is 10.4 Å². The van der Waals surface area contributed by atoms with Gasteiger partial charge >= 0.3 is 0 Å². The van der Waals surface area contributed by atoms with Crippen molar-refractivity contribution in [3.63, 3.8) is 0 Å². The van der Waals surface area contributed by atoms with Crippen molar-refractivity contribution in [1.29, 1.82) is 0 Å². The fourth-order valence-corrected chi connectivity index (χ4v) is 2.46. The predicted octanol–water partition coefficient (Wildman–Crippen LogP) is 3.42. The Morgan fingerprint density at radius 3 is 2.57 bits per heavy atom. The molecule has 0 atom stereocenters. The van der Waals surface area contributed by atoms with Crippen molar-refractivity contribution in [3.05, 3.63) is 83.7 Å². The van der Waals surface area contributed by atoms with Crippen LogP contribution in [0.2, 0.25) is 0 Å². The van der Waals surface area contributed by atoms with Crippen LogP contribution in [0.15, 0.2) is 67.0 Å². The number of benzene rings is 2. The first-order chi connectivity index (χ1) is 11.2. The topological polar surface area (TPSA) is 46.9 Å². The molecule has 1 aromatic heterocycles. The summed E-state index contributed by atoms with van der Waals surface area (Å²) in [6.07, 6.45) is 4.08. The Kier molecular flexibility index (Phi) is 4.52. The van der Waals surface area contributed by atoms with Crippen LogP contribution in [0.4, 0.5) is 5.69 Å². The van der Waals surface area contributed by atoms with Crippen molar-refractivity contribution in [1.82, 2.24) is 9.78 Å². The molecule has 0 spiro atoms. The van der Waals surface area contributed by atoms with E-state index < -0.39 is 0 Å². The lowest BCUT2D eigenvalue weighted by Gasteiger charge is -2.08. The second-order valence-corrected chi connectivity index (χ2v) is 5.55. The number of amides is 1. The van der Waals surface area contributed by atoms with Gasteiger partial charge in [0.1, 0.15) is 0 Å². The number of carbonyl (C=O) groups excluding carboxylic acids is 1. The van der Waals surface area contributed by atoms with Gasteiger partial charge in [-0.2, -0.15) is 5.10 Å². The van der Waals surface area contributed by atoms with Crippen molar-refractivity contribution < 1.29 is 4.79 Å². The maximum absolute atomic E-state index is 12.2. The minimum absolute atomic E-state index is 0.000809. The van der Waals surface area contributed by atoms with Gasteiger partial charge in [-0.15, -0.1) is 0 Å². The molecule has 3 aromatic rings. The molecule has 0 fully saturated rings. The molecule has 0 unspecified atom stereocenters. The summed E-state index contributed by atoms with van der Waals surface area (Å²) in [7, 11) is 0. The number of hydrogen-bond acceptors (Lipinski definition) is 2. The SMILES string of the molecule is Cc1ccccc1CC(=O)Nc1ccc(Cn2cccn2)cc1. The van der Waals surface area contributed by atoms with Gasteiger partial charge in [-0.25, -0.2) is 0 Å². The quantitative estimate of drug-likeness (QED) is 0.785. The van der Waals surface area contributed by atoms with E-state index in [-0.39, 0.29) is 5.91 Å². The maximum Gasteiger partial charge on any atom is 0.228 e. The van der Waals surface area contributed by atoms with Gasteiger partial charge in [0.05, 0.1) is 13.0 Å². The van der Waals surface area contributed by atoms with E-state index in [0.717, 1.165) is 28.9 Å². The zero-order chi connectivity index (χ0) is 16.1. The molecule has 4 heteroatoms. The van der Waals surface area contributed by atoms with Gasteiger partial charge < -0.3 is 5.32 Å². The summed E-state index contributed by atoms with van der Waals surface area (Å²) < 4.78 is 1.87. The number of aryl methyl sites for hydroxylation is 1. The highest BCUT2D eigenvalue weighted by molar-refractivity contribution is 5.92. The van der Waals surface area contributed by atoms with E-state index in [1.807, 2.05) is 72.4 Å². The zero-order valence-corrected chi connectivity index (χ0v) is 13.1. The lowest BCUT2D eigenvalue weighted by molar-refractivity contribution is -0.115. The number of hydrogen-bond donors (Lipinski definition) is 1. The minimum atomic E-state index is -0.000809. The van der Waals surface area contributed by atoms with E-state index in [1.54, 1.807) is 6.20 Å². The van der Waals surface area contributed by atoms with Crippen molar-refractivity contribution in [2.24, 2.45) is 0 Å². The Morgan fingerprint density at radius 1 is 1.09 bits per heavy atom. The van der Waals surface area contributed by atoms with E-state index >= 15 is 0 Å². The largest absolute Gasteiger partial charge is 0.326 e. The first-order valence-corrected chi connectivity index (χ1v) is 7.61. The Bertz CT molecular complexity index is 777. The average molecular weight is 305 g/mol. The first-order valence-electron chi connectivity index (χ1n) is 7.61. The maximum atomic E-state index is 12.2. The smallest absolute Gasteiger partial charge is 0.228 e. The molecule has 23 heavy (non-hydrogen) atoms. The van der Waals surface area contributed by atoms with Crippen LogP contribution in [0.5, 0.6) is 0 Å². The van der Waals surface area contributed by atoms with E-state index in [4.69, 9.17) is 0 Å². The Labute approximate surface area is 135 Å². The molecule has 1 heterocycles. The summed E-state index contributed by atoms with van der Waals surface area (Å²) in [4.78, 5) is 12.2. The third-order valence-electron chi connectivity index (χ3n) is 3.75. The summed E-state index contributed by atoms with van der Waals surface area (Å²) in [5.41, 5.74) is 4.15. The second kappa shape index (κ2) is 6.92. The molecule has 1 N–H and O–H groups in total. The van der Waals surface area contributed by atoms with Crippen molar-refractivity contribution >= 4 is 11.6 Å². The van der Waals surface area contributed by atoms with Crippen LogP contribution in [0.3, 0.4) is 0 Å². The Balaban J connectivity index is 1.59. The molecule has 0 aliphatic carbocycles. The Hall–Kier alpha value is -2.88. The van der Waals surface area contributed by atoms with Crippen LogP contribution >= 0.6 is 0 Å². The minimum Gasteiger partial charge on any atom is -0.326 e. The van der Waals surface area contributed by atoms with Crippen LogP contribution in [0, 0.1) is 6.92 Å². The van der Waals surface area contributed by atoms with Gasteiger partial charge in [-0.05, 0) is 41.8 Å². The number of nitrogens with one attached hydrogen (secondary N) is 1. The standard InChI is InChI=1S/C19H19N3O/c1-15-5-2-3-6-17(15)13-19(23)21-18-9-7-16(8-10-18)14-22-12-4-11-20-22/h2-12H,13-14H2,1H3,(H,21,23). The van der Waals surface area contributed by atoms with Gasteiger partial charge in [-0.1, -0.05) is 36.4 Å². The van der Waals surface area contributed by atoms with Gasteiger partial charge in [-0.3, -0.25) is 9.48 Å². The van der Waals surface area contributed by atoms with Gasteiger partial charge in [0.2, 0.25) is 5.91 Å². The van der Waals surface area contributed by atoms with Crippen molar-refractivity contribution in [3.8, 4) is 0 Å². The molecule has 2 aromatic carbocycles. The fourth-order valence-electron chi connectivity index (χ4n) is 2.46. The number of aromatic nitrogens is 2. The first kappa shape index (κ1) is 15.0. The molecule has 0 saturated carbocycles. The molecule has 0 aliphatic heterocycles. The second-order valence-electron chi connectivity index (χ2n) is 5.55. The highest BCUT2D eigenvalue weighted by atomic mass is 16.1. The number of rotatable bonds is 5. The molecule has 0 bridgehead atoms. The summed E-state index contributed by atoms with van der Waals surface area (Å²) in [5.74, 6) is -0.000809. The van der Waals surface area contributed by atoms with Crippen LogP contribution in [0.1, 0.15) is 16.7 Å². The third kappa shape index (κ3) is 4.07. The average Bonchev–Trinajstić information content (AvgIpc) is 3.04. The number of nitrogens with zero attached hydrogens (tertiary/aromatic N) is 2.